The summed E-state index contributed by atoms with van der Waals surface area (Å²) in [5.74, 6) is 0.663. The van der Waals surface area contributed by atoms with Gasteiger partial charge in [-0.3, -0.25) is 4.99 Å². The van der Waals surface area contributed by atoms with E-state index in [9.17, 15) is 4.39 Å². The predicted octanol–water partition coefficient (Wildman–Crippen LogP) is 3.25. The Kier molecular flexibility index (Phi) is 9.55. The number of hydrogen-bond acceptors (Lipinski definition) is 1. The Morgan fingerprint density at radius 2 is 1.95 bits per heavy atom. The van der Waals surface area contributed by atoms with E-state index in [-0.39, 0.29) is 29.8 Å². The zero-order valence-electron chi connectivity index (χ0n) is 11.8. The molecule has 1 aromatic rings. The minimum atomic E-state index is -0.205. The van der Waals surface area contributed by atoms with Gasteiger partial charge in [0.05, 0.1) is 0 Å². The summed E-state index contributed by atoms with van der Waals surface area (Å²) in [6.07, 6.45) is 2.31. The molecule has 0 amide bonds. The molecule has 0 unspecified atom stereocenters. The largest absolute Gasteiger partial charge is 0.352 e. The van der Waals surface area contributed by atoms with Crippen LogP contribution in [0.2, 0.25) is 0 Å². The van der Waals surface area contributed by atoms with Crippen LogP contribution in [0.1, 0.15) is 25.3 Å². The summed E-state index contributed by atoms with van der Waals surface area (Å²) < 4.78 is 12.8. The minimum absolute atomic E-state index is 0. The van der Waals surface area contributed by atoms with E-state index in [1.807, 2.05) is 7.05 Å². The highest BCUT2D eigenvalue weighted by atomic mass is 127. The third-order valence-corrected chi connectivity index (χ3v) is 2.78. The van der Waals surface area contributed by atoms with Crippen molar-refractivity contribution in [3.8, 4) is 0 Å². The van der Waals surface area contributed by atoms with Crippen LogP contribution in [0.3, 0.4) is 0 Å². The predicted molar refractivity (Wildman–Crippen MR) is 89.6 cm³/mol. The van der Waals surface area contributed by atoms with Gasteiger partial charge in [0.1, 0.15) is 5.82 Å². The van der Waals surface area contributed by atoms with Crippen molar-refractivity contribution in [2.24, 2.45) is 4.99 Å². The van der Waals surface area contributed by atoms with Gasteiger partial charge in [0.2, 0.25) is 0 Å². The van der Waals surface area contributed by atoms with Crippen LogP contribution in [-0.2, 0) is 6.54 Å². The lowest BCUT2D eigenvalue weighted by atomic mass is 10.2. The first-order chi connectivity index (χ1) is 8.67. The highest BCUT2D eigenvalue weighted by Gasteiger charge is 2.04. The molecule has 0 aliphatic carbocycles. The van der Waals surface area contributed by atoms with Crippen molar-refractivity contribution in [3.05, 3.63) is 35.6 Å². The van der Waals surface area contributed by atoms with Gasteiger partial charge in [-0.1, -0.05) is 25.5 Å². The first kappa shape index (κ1) is 18.1. The monoisotopic (exact) mass is 379 g/mol. The molecule has 0 fully saturated rings. The second kappa shape index (κ2) is 10.00. The fourth-order valence-electron chi connectivity index (χ4n) is 1.67. The summed E-state index contributed by atoms with van der Waals surface area (Å²) in [5.41, 5.74) is 1.04. The van der Waals surface area contributed by atoms with Crippen LogP contribution in [0.15, 0.2) is 29.3 Å². The molecule has 19 heavy (non-hydrogen) atoms. The van der Waals surface area contributed by atoms with Crippen molar-refractivity contribution in [1.82, 2.24) is 10.2 Å². The van der Waals surface area contributed by atoms with E-state index in [4.69, 9.17) is 0 Å². The number of guanidine groups is 1. The summed E-state index contributed by atoms with van der Waals surface area (Å²) in [6, 6.07) is 6.50. The van der Waals surface area contributed by atoms with Gasteiger partial charge in [0, 0.05) is 27.2 Å². The van der Waals surface area contributed by atoms with E-state index in [0.717, 1.165) is 24.5 Å². The maximum Gasteiger partial charge on any atom is 0.193 e. The number of halogens is 2. The molecule has 0 radical (unpaired) electrons. The lowest BCUT2D eigenvalue weighted by Crippen LogP contribution is -2.38. The Bertz CT molecular complexity index is 379. The lowest BCUT2D eigenvalue weighted by molar-refractivity contribution is 0.464. The van der Waals surface area contributed by atoms with E-state index in [1.54, 1.807) is 19.2 Å². The molecule has 1 N–H and O–H groups in total. The fourth-order valence-corrected chi connectivity index (χ4v) is 1.67. The summed E-state index contributed by atoms with van der Waals surface area (Å²) >= 11 is 0. The molecule has 108 valence electrons. The van der Waals surface area contributed by atoms with E-state index in [1.165, 1.54) is 18.6 Å². The Morgan fingerprint density at radius 1 is 1.32 bits per heavy atom. The van der Waals surface area contributed by atoms with E-state index in [0.29, 0.717) is 6.54 Å². The third-order valence-electron chi connectivity index (χ3n) is 2.78. The maximum absolute atomic E-state index is 12.8. The smallest absolute Gasteiger partial charge is 0.193 e. The van der Waals surface area contributed by atoms with Gasteiger partial charge in [-0.15, -0.1) is 24.0 Å². The average molecular weight is 379 g/mol. The molecule has 0 spiro atoms. The highest BCUT2D eigenvalue weighted by molar-refractivity contribution is 14.0. The molecule has 0 saturated heterocycles. The number of aliphatic imine (C=N–C) groups is 1. The highest BCUT2D eigenvalue weighted by Crippen LogP contribution is 2.02. The molecule has 0 saturated carbocycles. The van der Waals surface area contributed by atoms with Gasteiger partial charge in [-0.2, -0.15) is 0 Å². The molecule has 0 aromatic heterocycles. The summed E-state index contributed by atoms with van der Waals surface area (Å²) in [5, 5.41) is 3.27. The second-order valence-corrected chi connectivity index (χ2v) is 4.30. The van der Waals surface area contributed by atoms with Crippen LogP contribution in [0.25, 0.3) is 0 Å². The van der Waals surface area contributed by atoms with Gasteiger partial charge in [0.15, 0.2) is 5.96 Å². The molecule has 0 heterocycles. The van der Waals surface area contributed by atoms with Crippen LogP contribution in [0, 0.1) is 5.82 Å². The quantitative estimate of drug-likeness (QED) is 0.483. The Balaban J connectivity index is 0.00000324. The number of nitrogens with one attached hydrogen (secondary N) is 1. The summed E-state index contributed by atoms with van der Waals surface area (Å²) in [4.78, 5) is 6.34. The first-order valence-electron chi connectivity index (χ1n) is 6.33. The molecule has 1 aromatic carbocycles. The van der Waals surface area contributed by atoms with Crippen molar-refractivity contribution in [3.63, 3.8) is 0 Å². The van der Waals surface area contributed by atoms with Crippen LogP contribution in [0.4, 0.5) is 4.39 Å². The van der Waals surface area contributed by atoms with Crippen molar-refractivity contribution < 1.29 is 4.39 Å². The molecule has 3 nitrogen and oxygen atoms in total. The molecular formula is C14H23FIN3. The SMILES string of the molecule is CCCCN(C)C(=NC)NCc1ccc(F)cc1.I. The number of nitrogens with zero attached hydrogens (tertiary/aromatic N) is 2. The normalized spacial score (nSPS) is 10.8. The number of benzene rings is 1. The van der Waals surface area contributed by atoms with Gasteiger partial charge in [-0.05, 0) is 24.1 Å². The summed E-state index contributed by atoms with van der Waals surface area (Å²) in [6.45, 7) is 3.81. The minimum Gasteiger partial charge on any atom is -0.352 e. The third kappa shape index (κ3) is 6.75. The maximum atomic E-state index is 12.8. The molecule has 0 aliphatic heterocycles. The fraction of sp³-hybridized carbons (Fsp3) is 0.500. The zero-order valence-corrected chi connectivity index (χ0v) is 14.1. The van der Waals surface area contributed by atoms with Gasteiger partial charge in [-0.25, -0.2) is 4.39 Å². The number of hydrogen-bond donors (Lipinski definition) is 1. The Labute approximate surface area is 132 Å². The van der Waals surface area contributed by atoms with Crippen molar-refractivity contribution >= 4 is 29.9 Å². The van der Waals surface area contributed by atoms with Gasteiger partial charge in [0.25, 0.3) is 0 Å². The van der Waals surface area contributed by atoms with Crippen LogP contribution >= 0.6 is 24.0 Å². The zero-order chi connectivity index (χ0) is 13.4. The molecule has 5 heteroatoms. The number of unbranched alkanes of at least 4 members (excludes halogenated alkanes) is 1. The van der Waals surface area contributed by atoms with Crippen LogP contribution in [-0.4, -0.2) is 31.5 Å². The Hall–Kier alpha value is -0.850. The van der Waals surface area contributed by atoms with E-state index < -0.39 is 0 Å². The van der Waals surface area contributed by atoms with Crippen molar-refractivity contribution in [2.75, 3.05) is 20.6 Å². The van der Waals surface area contributed by atoms with Gasteiger partial charge >= 0.3 is 0 Å². The van der Waals surface area contributed by atoms with Gasteiger partial charge < -0.3 is 10.2 Å². The average Bonchev–Trinajstić information content (AvgIpc) is 2.39. The molecule has 1 rings (SSSR count). The van der Waals surface area contributed by atoms with E-state index >= 15 is 0 Å². The molecular weight excluding hydrogens is 356 g/mol. The van der Waals surface area contributed by atoms with E-state index in [2.05, 4.69) is 22.1 Å². The first-order valence-corrected chi connectivity index (χ1v) is 6.33. The van der Waals surface area contributed by atoms with Crippen molar-refractivity contribution in [1.29, 1.82) is 0 Å². The van der Waals surface area contributed by atoms with Crippen LogP contribution < -0.4 is 5.32 Å². The molecule has 0 bridgehead atoms. The number of rotatable bonds is 5. The van der Waals surface area contributed by atoms with Crippen molar-refractivity contribution in [2.45, 2.75) is 26.3 Å². The van der Waals surface area contributed by atoms with Crippen LogP contribution in [0.5, 0.6) is 0 Å². The Morgan fingerprint density at radius 3 is 2.47 bits per heavy atom. The summed E-state index contributed by atoms with van der Waals surface area (Å²) in [7, 11) is 3.80. The standard InChI is InChI=1S/C14H22FN3.HI/c1-4-5-10-18(3)14(16-2)17-11-12-6-8-13(15)9-7-12;/h6-9H,4-5,10-11H2,1-3H3,(H,16,17);1H. The second-order valence-electron chi connectivity index (χ2n) is 4.30. The lowest BCUT2D eigenvalue weighted by Gasteiger charge is -2.21. The molecule has 0 aliphatic rings. The topological polar surface area (TPSA) is 27.6 Å². The molecule has 0 atom stereocenters.